The van der Waals surface area contributed by atoms with E-state index in [9.17, 15) is 14.4 Å². The molecule has 35 heavy (non-hydrogen) atoms. The number of nitrogens with zero attached hydrogens (tertiary/aromatic N) is 2. The van der Waals surface area contributed by atoms with Gasteiger partial charge in [-0.1, -0.05) is 53.8 Å². The van der Waals surface area contributed by atoms with E-state index in [4.69, 9.17) is 18.9 Å². The molecule has 0 fully saturated rings. The van der Waals surface area contributed by atoms with Crippen molar-refractivity contribution in [2.45, 2.75) is 26.5 Å². The molecule has 182 valence electrons. The first-order chi connectivity index (χ1) is 17.0. The van der Waals surface area contributed by atoms with E-state index >= 15 is 0 Å². The number of aromatic nitrogens is 1. The molecule has 0 spiro atoms. The largest absolute Gasteiger partial charge is 0.485 e. The Labute approximate surface area is 206 Å². The molecule has 0 aliphatic carbocycles. The SMILES string of the molecule is CCOC(=O)c1sc(N(Cc2ccccc2)C(=O)COC(=O)C2COc3ccccc3O2)nc1C. The number of hydrogen-bond donors (Lipinski definition) is 0. The van der Waals surface area contributed by atoms with E-state index in [0.29, 0.717) is 27.2 Å². The van der Waals surface area contributed by atoms with Crippen LogP contribution in [0.4, 0.5) is 5.13 Å². The van der Waals surface area contributed by atoms with Crippen molar-refractivity contribution in [3.8, 4) is 11.5 Å². The van der Waals surface area contributed by atoms with Crippen molar-refractivity contribution >= 4 is 34.3 Å². The number of hydrogen-bond acceptors (Lipinski definition) is 9. The first-order valence-corrected chi connectivity index (χ1v) is 11.8. The maximum atomic E-state index is 13.2. The Hall–Kier alpha value is -3.92. The minimum atomic E-state index is -0.988. The summed E-state index contributed by atoms with van der Waals surface area (Å²) < 4.78 is 21.6. The number of anilines is 1. The number of rotatable bonds is 8. The molecule has 1 unspecified atom stereocenters. The molecule has 0 saturated carbocycles. The molecule has 1 amide bonds. The van der Waals surface area contributed by atoms with Crippen molar-refractivity contribution in [3.63, 3.8) is 0 Å². The summed E-state index contributed by atoms with van der Waals surface area (Å²) in [5.74, 6) is -0.735. The van der Waals surface area contributed by atoms with Crippen LogP contribution in [0.1, 0.15) is 27.9 Å². The highest BCUT2D eigenvalue weighted by Gasteiger charge is 2.30. The van der Waals surface area contributed by atoms with Gasteiger partial charge in [0.25, 0.3) is 5.91 Å². The maximum absolute atomic E-state index is 13.2. The third-order valence-electron chi connectivity index (χ3n) is 5.07. The topological polar surface area (TPSA) is 104 Å². The average molecular weight is 497 g/mol. The van der Waals surface area contributed by atoms with Gasteiger partial charge in [-0.3, -0.25) is 9.69 Å². The molecular formula is C25H24N2O7S. The van der Waals surface area contributed by atoms with Gasteiger partial charge in [-0.25, -0.2) is 14.6 Å². The van der Waals surface area contributed by atoms with Gasteiger partial charge in [0.2, 0.25) is 6.10 Å². The average Bonchev–Trinajstić information content (AvgIpc) is 3.27. The fourth-order valence-corrected chi connectivity index (χ4v) is 4.33. The van der Waals surface area contributed by atoms with Gasteiger partial charge in [0.05, 0.1) is 18.8 Å². The second-order valence-electron chi connectivity index (χ2n) is 7.57. The molecule has 10 heteroatoms. The van der Waals surface area contributed by atoms with Crippen molar-refractivity contribution in [1.29, 1.82) is 0 Å². The maximum Gasteiger partial charge on any atom is 0.351 e. The van der Waals surface area contributed by atoms with Gasteiger partial charge in [0.1, 0.15) is 11.5 Å². The van der Waals surface area contributed by atoms with Gasteiger partial charge in [0, 0.05) is 0 Å². The van der Waals surface area contributed by atoms with Gasteiger partial charge >= 0.3 is 11.9 Å². The lowest BCUT2D eigenvalue weighted by atomic mass is 10.2. The van der Waals surface area contributed by atoms with Crippen molar-refractivity contribution in [1.82, 2.24) is 4.98 Å². The van der Waals surface area contributed by atoms with Crippen LogP contribution in [0.25, 0.3) is 0 Å². The van der Waals surface area contributed by atoms with E-state index in [1.165, 1.54) is 4.90 Å². The van der Waals surface area contributed by atoms with Gasteiger partial charge in [-0.15, -0.1) is 0 Å². The number of aryl methyl sites for hydroxylation is 1. The van der Waals surface area contributed by atoms with Gasteiger partial charge < -0.3 is 18.9 Å². The minimum absolute atomic E-state index is 0.0215. The van der Waals surface area contributed by atoms with Crippen LogP contribution in [0.2, 0.25) is 0 Å². The molecule has 4 rings (SSSR count). The summed E-state index contributed by atoms with van der Waals surface area (Å²) in [6.45, 7) is 3.26. The van der Waals surface area contributed by atoms with Crippen LogP contribution in [-0.2, 0) is 25.6 Å². The number of carbonyl (C=O) groups is 3. The van der Waals surface area contributed by atoms with Gasteiger partial charge in [0.15, 0.2) is 23.2 Å². The molecule has 1 aliphatic rings. The summed E-state index contributed by atoms with van der Waals surface area (Å²) in [7, 11) is 0. The molecule has 1 aromatic heterocycles. The monoisotopic (exact) mass is 496 g/mol. The third-order valence-corrected chi connectivity index (χ3v) is 6.23. The van der Waals surface area contributed by atoms with Crippen LogP contribution < -0.4 is 14.4 Å². The molecule has 2 aromatic carbocycles. The molecule has 2 heterocycles. The Bertz CT molecular complexity index is 1210. The molecule has 1 atom stereocenters. The van der Waals surface area contributed by atoms with E-state index in [1.807, 2.05) is 30.3 Å². The van der Waals surface area contributed by atoms with Crippen molar-refractivity contribution in [2.24, 2.45) is 0 Å². The van der Waals surface area contributed by atoms with Crippen LogP contribution in [-0.4, -0.2) is 48.8 Å². The smallest absolute Gasteiger partial charge is 0.351 e. The van der Waals surface area contributed by atoms with E-state index in [2.05, 4.69) is 4.98 Å². The molecule has 3 aromatic rings. The van der Waals surface area contributed by atoms with Crippen molar-refractivity contribution in [3.05, 3.63) is 70.7 Å². The normalized spacial score (nSPS) is 14.2. The predicted molar refractivity (Wildman–Crippen MR) is 128 cm³/mol. The van der Waals surface area contributed by atoms with Crippen LogP contribution in [0.15, 0.2) is 54.6 Å². The second kappa shape index (κ2) is 11.0. The van der Waals surface area contributed by atoms with E-state index < -0.39 is 30.6 Å². The summed E-state index contributed by atoms with van der Waals surface area (Å²) in [6.07, 6.45) is -0.988. The second-order valence-corrected chi connectivity index (χ2v) is 8.55. The highest BCUT2D eigenvalue weighted by Crippen LogP contribution is 2.31. The first-order valence-electron chi connectivity index (χ1n) is 11.0. The van der Waals surface area contributed by atoms with E-state index in [1.54, 1.807) is 38.1 Å². The molecule has 0 bridgehead atoms. The zero-order valence-electron chi connectivity index (χ0n) is 19.3. The number of ether oxygens (including phenoxy) is 4. The molecular weight excluding hydrogens is 472 g/mol. The van der Waals surface area contributed by atoms with Crippen molar-refractivity contribution < 1.29 is 33.3 Å². The zero-order chi connectivity index (χ0) is 24.8. The highest BCUT2D eigenvalue weighted by atomic mass is 32.1. The quantitative estimate of drug-likeness (QED) is 0.436. The highest BCUT2D eigenvalue weighted by molar-refractivity contribution is 7.17. The number of benzene rings is 2. The standard InChI is InChI=1S/C25H24N2O7S/c1-3-31-24(30)22-16(2)26-25(35-22)27(13-17-9-5-4-6-10-17)21(28)15-33-23(29)20-14-32-18-11-7-8-12-19(18)34-20/h4-12,20H,3,13-15H2,1-2H3. The Balaban J connectivity index is 1.47. The predicted octanol–water partition coefficient (Wildman–Crippen LogP) is 3.54. The van der Waals surface area contributed by atoms with Crippen LogP contribution in [0.3, 0.4) is 0 Å². The summed E-state index contributed by atoms with van der Waals surface area (Å²) in [4.78, 5) is 44.1. The molecule has 0 N–H and O–H groups in total. The Kier molecular flexibility index (Phi) is 7.61. The fourth-order valence-electron chi connectivity index (χ4n) is 3.35. The molecule has 0 saturated heterocycles. The van der Waals surface area contributed by atoms with Crippen LogP contribution in [0.5, 0.6) is 11.5 Å². The number of amides is 1. The number of esters is 2. The van der Waals surface area contributed by atoms with Gasteiger partial charge in [-0.05, 0) is 31.5 Å². The zero-order valence-corrected chi connectivity index (χ0v) is 20.1. The summed E-state index contributed by atoms with van der Waals surface area (Å²) in [5, 5.41) is 0.307. The fraction of sp³-hybridized carbons (Fsp3) is 0.280. The van der Waals surface area contributed by atoms with Gasteiger partial charge in [-0.2, -0.15) is 0 Å². The number of fused-ring (bicyclic) bond motifs is 1. The number of thiazole rings is 1. The molecule has 1 aliphatic heterocycles. The number of para-hydroxylation sites is 2. The summed E-state index contributed by atoms with van der Waals surface area (Å²) in [5.41, 5.74) is 1.30. The molecule has 9 nitrogen and oxygen atoms in total. The number of carbonyl (C=O) groups excluding carboxylic acids is 3. The Morgan fingerprint density at radius 1 is 1.06 bits per heavy atom. The lowest BCUT2D eigenvalue weighted by Gasteiger charge is -2.25. The minimum Gasteiger partial charge on any atom is -0.485 e. The lowest BCUT2D eigenvalue weighted by Crippen LogP contribution is -2.40. The first kappa shape index (κ1) is 24.2. The molecule has 0 radical (unpaired) electrons. The lowest BCUT2D eigenvalue weighted by molar-refractivity contribution is -0.157. The Morgan fingerprint density at radius 2 is 1.77 bits per heavy atom. The van der Waals surface area contributed by atoms with E-state index in [0.717, 1.165) is 16.9 Å². The van der Waals surface area contributed by atoms with Crippen LogP contribution in [0, 0.1) is 6.92 Å². The third kappa shape index (κ3) is 5.78. The summed E-state index contributed by atoms with van der Waals surface area (Å²) >= 11 is 1.05. The Morgan fingerprint density at radius 3 is 2.51 bits per heavy atom. The summed E-state index contributed by atoms with van der Waals surface area (Å²) in [6, 6.07) is 16.3. The van der Waals surface area contributed by atoms with Crippen molar-refractivity contribution in [2.75, 3.05) is 24.7 Å². The van der Waals surface area contributed by atoms with Crippen LogP contribution >= 0.6 is 11.3 Å². The van der Waals surface area contributed by atoms with E-state index in [-0.39, 0.29) is 19.8 Å².